The molecule has 0 bridgehead atoms. The van der Waals surface area contributed by atoms with Crippen LogP contribution in [-0.2, 0) is 11.3 Å². The summed E-state index contributed by atoms with van der Waals surface area (Å²) in [6, 6.07) is 15.2. The van der Waals surface area contributed by atoms with E-state index >= 15 is 0 Å². The fourth-order valence-corrected chi connectivity index (χ4v) is 2.15. The van der Waals surface area contributed by atoms with Crippen LogP contribution >= 0.6 is 0 Å². The van der Waals surface area contributed by atoms with Crippen LogP contribution in [0.2, 0.25) is 0 Å². The molecule has 0 unspecified atom stereocenters. The van der Waals surface area contributed by atoms with Crippen LogP contribution in [0.4, 0.5) is 0 Å². The first-order valence-electron chi connectivity index (χ1n) is 6.40. The number of hydrogen-bond donors (Lipinski definition) is 0. The van der Waals surface area contributed by atoms with Crippen molar-refractivity contribution < 1.29 is 9.53 Å². The highest BCUT2D eigenvalue weighted by atomic mass is 16.5. The molecular formula is C16H14N2O2. The van der Waals surface area contributed by atoms with E-state index in [1.165, 1.54) is 0 Å². The lowest BCUT2D eigenvalue weighted by atomic mass is 10.2. The van der Waals surface area contributed by atoms with Crippen LogP contribution in [0.15, 0.2) is 54.7 Å². The average molecular weight is 266 g/mol. The summed E-state index contributed by atoms with van der Waals surface area (Å²) in [5.74, 6) is -0.356. The first-order valence-corrected chi connectivity index (χ1v) is 6.40. The maximum atomic E-state index is 12.2. The quantitative estimate of drug-likeness (QED) is 0.684. The maximum absolute atomic E-state index is 12.2. The molecule has 0 amide bonds. The predicted molar refractivity (Wildman–Crippen MR) is 75.5 cm³/mol. The monoisotopic (exact) mass is 266 g/mol. The van der Waals surface area contributed by atoms with Gasteiger partial charge < -0.3 is 4.74 Å². The van der Waals surface area contributed by atoms with E-state index in [0.717, 1.165) is 11.2 Å². The number of carbonyl (C=O) groups is 1. The number of aromatic nitrogens is 2. The summed E-state index contributed by atoms with van der Waals surface area (Å²) in [5, 5.41) is 0. The molecule has 4 heteroatoms. The molecular weight excluding hydrogens is 252 g/mol. The van der Waals surface area contributed by atoms with Crippen molar-refractivity contribution >= 4 is 11.6 Å². The number of aryl methyl sites for hydroxylation is 1. The summed E-state index contributed by atoms with van der Waals surface area (Å²) < 4.78 is 7.11. The van der Waals surface area contributed by atoms with E-state index in [-0.39, 0.29) is 12.6 Å². The van der Waals surface area contributed by atoms with Crippen LogP contribution in [0.3, 0.4) is 0 Å². The Bertz CT molecular complexity index is 748. The van der Waals surface area contributed by atoms with Gasteiger partial charge in [-0.2, -0.15) is 0 Å². The number of fused-ring (bicyclic) bond motifs is 1. The standard InChI is InChI=1S/C16H14N2O2/c1-12-15(18-10-6-5-9-14(18)17-12)16(19)20-11-13-7-3-2-4-8-13/h2-10H,11H2,1H3. The third-order valence-corrected chi connectivity index (χ3v) is 3.11. The van der Waals surface area contributed by atoms with E-state index in [0.29, 0.717) is 11.4 Å². The number of esters is 1. The van der Waals surface area contributed by atoms with Crippen molar-refractivity contribution in [1.82, 2.24) is 9.38 Å². The summed E-state index contributed by atoms with van der Waals surface area (Å²) in [5.41, 5.74) is 2.87. The Labute approximate surface area is 116 Å². The van der Waals surface area contributed by atoms with Crippen molar-refractivity contribution in [2.45, 2.75) is 13.5 Å². The zero-order valence-corrected chi connectivity index (χ0v) is 11.1. The van der Waals surface area contributed by atoms with Crippen LogP contribution in [0, 0.1) is 6.92 Å². The molecule has 2 aromatic heterocycles. The van der Waals surface area contributed by atoms with E-state index in [1.54, 1.807) is 4.40 Å². The van der Waals surface area contributed by atoms with Crippen molar-refractivity contribution in [2.24, 2.45) is 0 Å². The second kappa shape index (κ2) is 5.17. The number of carbonyl (C=O) groups excluding carboxylic acids is 1. The fraction of sp³-hybridized carbons (Fsp3) is 0.125. The van der Waals surface area contributed by atoms with E-state index in [1.807, 2.05) is 61.7 Å². The highest BCUT2D eigenvalue weighted by Gasteiger charge is 2.17. The van der Waals surface area contributed by atoms with Crippen LogP contribution in [0.5, 0.6) is 0 Å². The Morgan fingerprint density at radius 1 is 1.15 bits per heavy atom. The van der Waals surface area contributed by atoms with Gasteiger partial charge in [-0.15, -0.1) is 0 Å². The topological polar surface area (TPSA) is 43.6 Å². The number of benzene rings is 1. The highest BCUT2D eigenvalue weighted by molar-refractivity contribution is 5.90. The Morgan fingerprint density at radius 2 is 1.90 bits per heavy atom. The molecule has 3 aromatic rings. The second-order valence-electron chi connectivity index (χ2n) is 4.54. The van der Waals surface area contributed by atoms with Crippen LogP contribution in [0.25, 0.3) is 5.65 Å². The minimum Gasteiger partial charge on any atom is -0.456 e. The molecule has 0 aliphatic heterocycles. The first kappa shape index (κ1) is 12.4. The lowest BCUT2D eigenvalue weighted by Gasteiger charge is -2.05. The molecule has 0 radical (unpaired) electrons. The van der Waals surface area contributed by atoms with Crippen molar-refractivity contribution in [2.75, 3.05) is 0 Å². The summed E-state index contributed by atoms with van der Waals surface area (Å²) in [7, 11) is 0. The van der Waals surface area contributed by atoms with E-state index in [4.69, 9.17) is 4.74 Å². The van der Waals surface area contributed by atoms with E-state index in [9.17, 15) is 4.79 Å². The summed E-state index contributed by atoms with van der Waals surface area (Å²) in [6.45, 7) is 2.07. The summed E-state index contributed by atoms with van der Waals surface area (Å²) in [6.07, 6.45) is 1.81. The third kappa shape index (κ3) is 2.28. The molecule has 0 spiro atoms. The maximum Gasteiger partial charge on any atom is 0.357 e. The molecule has 0 saturated heterocycles. The van der Waals surface area contributed by atoms with Gasteiger partial charge in [0.25, 0.3) is 0 Å². The lowest BCUT2D eigenvalue weighted by molar-refractivity contribution is 0.0463. The van der Waals surface area contributed by atoms with Crippen LogP contribution in [0.1, 0.15) is 21.7 Å². The van der Waals surface area contributed by atoms with Crippen LogP contribution in [-0.4, -0.2) is 15.4 Å². The number of hydrogen-bond acceptors (Lipinski definition) is 3. The lowest BCUT2D eigenvalue weighted by Crippen LogP contribution is -2.09. The Kier molecular flexibility index (Phi) is 3.21. The smallest absolute Gasteiger partial charge is 0.357 e. The van der Waals surface area contributed by atoms with Crippen molar-refractivity contribution in [1.29, 1.82) is 0 Å². The summed E-state index contributed by atoms with van der Waals surface area (Å²) >= 11 is 0. The zero-order chi connectivity index (χ0) is 13.9. The SMILES string of the molecule is Cc1nc2ccccn2c1C(=O)OCc1ccccc1. The van der Waals surface area contributed by atoms with Gasteiger partial charge in [0.05, 0.1) is 5.69 Å². The normalized spacial score (nSPS) is 10.7. The number of pyridine rings is 1. The largest absolute Gasteiger partial charge is 0.456 e. The van der Waals surface area contributed by atoms with Gasteiger partial charge in [0.15, 0.2) is 5.69 Å². The zero-order valence-electron chi connectivity index (χ0n) is 11.1. The first-order chi connectivity index (χ1) is 9.75. The number of imidazole rings is 1. The number of nitrogens with zero attached hydrogens (tertiary/aromatic N) is 2. The number of ether oxygens (including phenoxy) is 1. The summed E-state index contributed by atoms with van der Waals surface area (Å²) in [4.78, 5) is 16.6. The van der Waals surface area contributed by atoms with Gasteiger partial charge in [0.2, 0.25) is 0 Å². The molecule has 0 N–H and O–H groups in total. The minimum absolute atomic E-state index is 0.263. The molecule has 0 fully saturated rings. The average Bonchev–Trinajstić information content (AvgIpc) is 2.82. The minimum atomic E-state index is -0.356. The predicted octanol–water partition coefficient (Wildman–Crippen LogP) is 3.00. The van der Waals surface area contributed by atoms with Gasteiger partial charge in [-0.25, -0.2) is 9.78 Å². The van der Waals surface area contributed by atoms with Gasteiger partial charge in [-0.05, 0) is 24.6 Å². The van der Waals surface area contributed by atoms with Crippen molar-refractivity contribution in [3.63, 3.8) is 0 Å². The van der Waals surface area contributed by atoms with Crippen LogP contribution < -0.4 is 0 Å². The van der Waals surface area contributed by atoms with E-state index < -0.39 is 0 Å². The number of rotatable bonds is 3. The van der Waals surface area contributed by atoms with Gasteiger partial charge in [0.1, 0.15) is 12.3 Å². The second-order valence-corrected chi connectivity index (χ2v) is 4.54. The molecule has 0 atom stereocenters. The van der Waals surface area contributed by atoms with Gasteiger partial charge in [-0.3, -0.25) is 4.40 Å². The Balaban J connectivity index is 1.84. The van der Waals surface area contributed by atoms with Gasteiger partial charge >= 0.3 is 5.97 Å². The highest BCUT2D eigenvalue weighted by Crippen LogP contribution is 2.14. The molecule has 4 nitrogen and oxygen atoms in total. The Morgan fingerprint density at radius 3 is 2.70 bits per heavy atom. The molecule has 20 heavy (non-hydrogen) atoms. The molecule has 100 valence electrons. The molecule has 3 rings (SSSR count). The molecule has 0 saturated carbocycles. The Hall–Kier alpha value is -2.62. The van der Waals surface area contributed by atoms with Crippen molar-refractivity contribution in [3.05, 3.63) is 71.7 Å². The van der Waals surface area contributed by atoms with Gasteiger partial charge in [0, 0.05) is 6.20 Å². The fourth-order valence-electron chi connectivity index (χ4n) is 2.15. The third-order valence-electron chi connectivity index (χ3n) is 3.11. The van der Waals surface area contributed by atoms with E-state index in [2.05, 4.69) is 4.98 Å². The molecule has 2 heterocycles. The van der Waals surface area contributed by atoms with Gasteiger partial charge in [-0.1, -0.05) is 36.4 Å². The molecule has 0 aliphatic carbocycles. The van der Waals surface area contributed by atoms with Crippen molar-refractivity contribution in [3.8, 4) is 0 Å². The molecule has 0 aliphatic rings. The molecule has 1 aromatic carbocycles.